The molecule has 136 valence electrons. The number of piperidine rings is 1. The Balaban J connectivity index is 1.55. The lowest BCUT2D eigenvalue weighted by atomic mass is 9.93. The van der Waals surface area contributed by atoms with Gasteiger partial charge >= 0.3 is 5.69 Å². The Kier molecular flexibility index (Phi) is 5.35. The standard InChI is InChI=1S/C17H26N6O2/c1-3-5-13-11-14(19-18-13)16(24)22-8-6-12(7-9-22)10-15-20-21-17(25)23(15)4-2/h11-12H,3-10H2,1-2H3,(H,18,19)(H,21,25). The lowest BCUT2D eigenvalue weighted by Gasteiger charge is -2.31. The summed E-state index contributed by atoms with van der Waals surface area (Å²) in [6.07, 6.45) is 4.55. The molecule has 0 atom stereocenters. The van der Waals surface area contributed by atoms with Crippen LogP contribution >= 0.6 is 0 Å². The number of hydrogen-bond acceptors (Lipinski definition) is 4. The molecule has 1 aliphatic rings. The normalized spacial score (nSPS) is 15.7. The first-order valence-corrected chi connectivity index (χ1v) is 9.10. The number of carbonyl (C=O) groups is 1. The molecule has 0 saturated carbocycles. The Hall–Kier alpha value is -2.38. The molecule has 0 aliphatic carbocycles. The minimum atomic E-state index is -0.147. The van der Waals surface area contributed by atoms with Crippen LogP contribution in [0.15, 0.2) is 10.9 Å². The summed E-state index contributed by atoms with van der Waals surface area (Å²) in [5.41, 5.74) is 1.37. The first-order valence-electron chi connectivity index (χ1n) is 9.10. The second kappa shape index (κ2) is 7.67. The molecule has 2 N–H and O–H groups in total. The van der Waals surface area contributed by atoms with E-state index in [0.717, 1.165) is 56.7 Å². The number of carbonyl (C=O) groups excluding carboxylic acids is 1. The van der Waals surface area contributed by atoms with E-state index in [1.807, 2.05) is 17.9 Å². The van der Waals surface area contributed by atoms with Gasteiger partial charge < -0.3 is 4.90 Å². The van der Waals surface area contributed by atoms with Crippen molar-refractivity contribution >= 4 is 5.91 Å². The molecule has 0 bridgehead atoms. The fourth-order valence-corrected chi connectivity index (χ4v) is 3.46. The average molecular weight is 346 g/mol. The van der Waals surface area contributed by atoms with Gasteiger partial charge in [-0.2, -0.15) is 10.2 Å². The highest BCUT2D eigenvalue weighted by Gasteiger charge is 2.26. The molecule has 3 heterocycles. The number of rotatable bonds is 6. The van der Waals surface area contributed by atoms with Crippen LogP contribution in [0.2, 0.25) is 0 Å². The van der Waals surface area contributed by atoms with Gasteiger partial charge in [0.15, 0.2) is 0 Å². The third-order valence-electron chi connectivity index (χ3n) is 4.90. The van der Waals surface area contributed by atoms with Gasteiger partial charge in [0.2, 0.25) is 0 Å². The van der Waals surface area contributed by atoms with Gasteiger partial charge in [-0.1, -0.05) is 13.3 Å². The van der Waals surface area contributed by atoms with Gasteiger partial charge in [-0.15, -0.1) is 0 Å². The van der Waals surface area contributed by atoms with Gasteiger partial charge in [-0.25, -0.2) is 9.89 Å². The first-order chi connectivity index (χ1) is 12.1. The lowest BCUT2D eigenvalue weighted by molar-refractivity contribution is 0.0683. The van der Waals surface area contributed by atoms with Crippen molar-refractivity contribution in [2.24, 2.45) is 5.92 Å². The molecule has 2 aromatic heterocycles. The Morgan fingerprint density at radius 2 is 2.00 bits per heavy atom. The van der Waals surface area contributed by atoms with Gasteiger partial charge in [-0.3, -0.25) is 14.5 Å². The Morgan fingerprint density at radius 3 is 2.68 bits per heavy atom. The van der Waals surface area contributed by atoms with Gasteiger partial charge in [0.25, 0.3) is 5.91 Å². The van der Waals surface area contributed by atoms with Crippen molar-refractivity contribution in [1.82, 2.24) is 29.9 Å². The highest BCUT2D eigenvalue weighted by Crippen LogP contribution is 2.22. The Morgan fingerprint density at radius 1 is 1.24 bits per heavy atom. The minimum Gasteiger partial charge on any atom is -0.337 e. The molecule has 3 rings (SSSR count). The molecule has 1 fully saturated rings. The summed E-state index contributed by atoms with van der Waals surface area (Å²) >= 11 is 0. The summed E-state index contributed by atoms with van der Waals surface area (Å²) < 4.78 is 1.68. The van der Waals surface area contributed by atoms with E-state index in [0.29, 0.717) is 18.2 Å². The number of H-pyrrole nitrogens is 2. The molecule has 0 unspecified atom stereocenters. The van der Waals surface area contributed by atoms with Gasteiger partial charge in [0.05, 0.1) is 0 Å². The molecule has 1 saturated heterocycles. The first kappa shape index (κ1) is 17.4. The number of nitrogens with zero attached hydrogens (tertiary/aromatic N) is 4. The second-order valence-electron chi connectivity index (χ2n) is 6.66. The van der Waals surface area contributed by atoms with E-state index in [1.165, 1.54) is 0 Å². The van der Waals surface area contributed by atoms with Crippen molar-refractivity contribution in [2.75, 3.05) is 13.1 Å². The molecular formula is C17H26N6O2. The lowest BCUT2D eigenvalue weighted by Crippen LogP contribution is -2.39. The molecular weight excluding hydrogens is 320 g/mol. The van der Waals surface area contributed by atoms with Crippen LogP contribution in [0.1, 0.15) is 55.1 Å². The highest BCUT2D eigenvalue weighted by molar-refractivity contribution is 5.92. The molecule has 1 aliphatic heterocycles. The maximum atomic E-state index is 12.6. The summed E-state index contributed by atoms with van der Waals surface area (Å²) in [5.74, 6) is 1.26. The third kappa shape index (κ3) is 3.83. The molecule has 1 amide bonds. The molecule has 0 spiro atoms. The Labute approximate surface area is 146 Å². The zero-order chi connectivity index (χ0) is 17.8. The van der Waals surface area contributed by atoms with E-state index in [9.17, 15) is 9.59 Å². The summed E-state index contributed by atoms with van der Waals surface area (Å²) in [6.45, 7) is 6.12. The van der Waals surface area contributed by atoms with Crippen LogP contribution in [0, 0.1) is 5.92 Å². The zero-order valence-electron chi connectivity index (χ0n) is 14.9. The highest BCUT2D eigenvalue weighted by atomic mass is 16.2. The quantitative estimate of drug-likeness (QED) is 0.825. The molecule has 0 radical (unpaired) electrons. The zero-order valence-corrected chi connectivity index (χ0v) is 14.9. The van der Waals surface area contributed by atoms with Crippen LogP contribution < -0.4 is 5.69 Å². The topological polar surface area (TPSA) is 99.7 Å². The number of hydrogen-bond donors (Lipinski definition) is 2. The maximum Gasteiger partial charge on any atom is 0.343 e. The molecule has 25 heavy (non-hydrogen) atoms. The molecule has 2 aromatic rings. The summed E-state index contributed by atoms with van der Waals surface area (Å²) in [7, 11) is 0. The Bertz CT molecular complexity index is 766. The van der Waals surface area contributed by atoms with Crippen molar-refractivity contribution in [2.45, 2.75) is 52.5 Å². The second-order valence-corrected chi connectivity index (χ2v) is 6.66. The summed E-state index contributed by atoms with van der Waals surface area (Å²) in [4.78, 5) is 26.1. The van der Waals surface area contributed by atoms with E-state index >= 15 is 0 Å². The predicted octanol–water partition coefficient (Wildman–Crippen LogP) is 1.36. The predicted molar refractivity (Wildman–Crippen MR) is 93.4 cm³/mol. The fraction of sp³-hybridized carbons (Fsp3) is 0.647. The number of aromatic amines is 2. The maximum absolute atomic E-state index is 12.6. The van der Waals surface area contributed by atoms with Crippen LogP contribution in [0.5, 0.6) is 0 Å². The van der Waals surface area contributed by atoms with Crippen molar-refractivity contribution in [3.8, 4) is 0 Å². The van der Waals surface area contributed by atoms with Crippen LogP contribution in [0.25, 0.3) is 0 Å². The van der Waals surface area contributed by atoms with E-state index in [2.05, 4.69) is 27.3 Å². The number of aryl methyl sites for hydroxylation is 1. The largest absolute Gasteiger partial charge is 0.343 e. The molecule has 0 aromatic carbocycles. The van der Waals surface area contributed by atoms with Crippen molar-refractivity contribution < 1.29 is 4.79 Å². The number of likely N-dealkylation sites (tertiary alicyclic amines) is 1. The SMILES string of the molecule is CCCc1cc(C(=O)N2CCC(Cc3n[nH]c(=O)n3CC)CC2)n[nH]1. The smallest absolute Gasteiger partial charge is 0.337 e. The van der Waals surface area contributed by atoms with Crippen LogP contribution in [-0.2, 0) is 19.4 Å². The minimum absolute atomic E-state index is 0.00212. The average Bonchev–Trinajstić information content (AvgIpc) is 3.22. The summed E-state index contributed by atoms with van der Waals surface area (Å²) in [5, 5.41) is 13.7. The van der Waals surface area contributed by atoms with Gasteiger partial charge in [0.1, 0.15) is 11.5 Å². The fourth-order valence-electron chi connectivity index (χ4n) is 3.46. The molecule has 8 nitrogen and oxygen atoms in total. The van der Waals surface area contributed by atoms with E-state index < -0.39 is 0 Å². The summed E-state index contributed by atoms with van der Waals surface area (Å²) in [6, 6.07) is 1.86. The van der Waals surface area contributed by atoms with Gasteiger partial charge in [-0.05, 0) is 38.2 Å². The third-order valence-corrected chi connectivity index (χ3v) is 4.90. The number of aromatic nitrogens is 5. The van der Waals surface area contributed by atoms with Crippen molar-refractivity contribution in [3.63, 3.8) is 0 Å². The monoisotopic (exact) mass is 346 g/mol. The molecule has 8 heteroatoms. The number of nitrogens with one attached hydrogen (secondary N) is 2. The van der Waals surface area contributed by atoms with Crippen molar-refractivity contribution in [1.29, 1.82) is 0 Å². The van der Waals surface area contributed by atoms with Gasteiger partial charge in [0, 0.05) is 31.7 Å². The van der Waals surface area contributed by atoms with E-state index in [-0.39, 0.29) is 11.6 Å². The van der Waals surface area contributed by atoms with Crippen LogP contribution in [0.4, 0.5) is 0 Å². The van der Waals surface area contributed by atoms with Crippen LogP contribution in [0.3, 0.4) is 0 Å². The van der Waals surface area contributed by atoms with E-state index in [4.69, 9.17) is 0 Å². The van der Waals surface area contributed by atoms with E-state index in [1.54, 1.807) is 4.57 Å². The van der Waals surface area contributed by atoms with Crippen molar-refractivity contribution in [3.05, 3.63) is 33.8 Å². The number of amides is 1. The van der Waals surface area contributed by atoms with Crippen LogP contribution in [-0.4, -0.2) is 48.9 Å².